The maximum atomic E-state index is 14.7. The zero-order valence-electron chi connectivity index (χ0n) is 24.1. The smallest absolute Gasteiger partial charge is 0.308 e. The van der Waals surface area contributed by atoms with Crippen molar-refractivity contribution in [1.29, 1.82) is 0 Å². The number of hydrogen-bond acceptors (Lipinski definition) is 6. The lowest BCUT2D eigenvalue weighted by Crippen LogP contribution is -2.06. The average Bonchev–Trinajstić information content (AvgIpc) is 3.39. The molecule has 0 saturated heterocycles. The van der Waals surface area contributed by atoms with Crippen LogP contribution >= 0.6 is 11.6 Å². The third-order valence-corrected chi connectivity index (χ3v) is 7.81. The van der Waals surface area contributed by atoms with Crippen molar-refractivity contribution in [3.8, 4) is 23.0 Å². The number of aromatic nitrogens is 2. The Bertz CT molecular complexity index is 1920. The topological polar surface area (TPSA) is 165 Å². The minimum atomic E-state index is -1.14. The van der Waals surface area contributed by atoms with Crippen LogP contribution in [0.2, 0.25) is 5.15 Å². The SMILES string of the molecule is O=C(O)Cc1c(Cl)n(Cc2ccc(O)cc2)c2ccc(O)cc12.O=C(O)Cc1c(F)n(Cc2ccc(O)cc2)c2ccc(O)cc12. The standard InChI is InChI=1S/C17H14ClNO4.C17H14FNO4/c2*18-17-14(8-16(22)23)13-7-12(21)5-6-15(13)19(17)9-10-1-3-11(20)4-2-10/h2*1-7,20-21H,8-9H2,(H,22,23). The highest BCUT2D eigenvalue weighted by Gasteiger charge is 2.21. The van der Waals surface area contributed by atoms with Crippen molar-refractivity contribution in [2.24, 2.45) is 0 Å². The number of phenolic OH excluding ortho intramolecular Hbond substituents is 4. The summed E-state index contributed by atoms with van der Waals surface area (Å²) in [7, 11) is 0. The minimum Gasteiger partial charge on any atom is -0.508 e. The number of fused-ring (bicyclic) bond motifs is 2. The van der Waals surface area contributed by atoms with Crippen LogP contribution in [-0.4, -0.2) is 51.7 Å². The molecule has 0 spiro atoms. The first-order chi connectivity index (χ1) is 21.9. The normalized spacial score (nSPS) is 11.0. The summed E-state index contributed by atoms with van der Waals surface area (Å²) in [5, 5.41) is 57.4. The molecule has 0 atom stereocenters. The Morgan fingerprint density at radius 3 is 1.46 bits per heavy atom. The predicted octanol–water partition coefficient (Wildman–Crippen LogP) is 6.25. The zero-order valence-corrected chi connectivity index (χ0v) is 24.8. The lowest BCUT2D eigenvalue weighted by molar-refractivity contribution is -0.137. The van der Waals surface area contributed by atoms with Crippen LogP contribution in [0.25, 0.3) is 21.8 Å². The van der Waals surface area contributed by atoms with Crippen LogP contribution in [0.4, 0.5) is 4.39 Å². The van der Waals surface area contributed by atoms with Crippen molar-refractivity contribution in [3.05, 3.63) is 118 Å². The maximum Gasteiger partial charge on any atom is 0.308 e. The van der Waals surface area contributed by atoms with E-state index in [1.54, 1.807) is 53.1 Å². The molecule has 12 heteroatoms. The summed E-state index contributed by atoms with van der Waals surface area (Å²) in [4.78, 5) is 22.1. The third-order valence-electron chi connectivity index (χ3n) is 7.37. The summed E-state index contributed by atoms with van der Waals surface area (Å²) >= 11 is 6.40. The molecule has 0 saturated carbocycles. The molecule has 0 unspecified atom stereocenters. The molecular formula is C34H28ClFN2O8. The van der Waals surface area contributed by atoms with E-state index in [-0.39, 0.29) is 41.5 Å². The van der Waals surface area contributed by atoms with Crippen LogP contribution in [0.1, 0.15) is 22.3 Å². The molecule has 2 heterocycles. The van der Waals surface area contributed by atoms with Gasteiger partial charge >= 0.3 is 11.9 Å². The second-order valence-electron chi connectivity index (χ2n) is 10.6. The molecule has 6 N–H and O–H groups in total. The lowest BCUT2D eigenvalue weighted by Gasteiger charge is -2.08. The second kappa shape index (κ2) is 13.1. The Labute approximate surface area is 266 Å². The number of rotatable bonds is 8. The van der Waals surface area contributed by atoms with Gasteiger partial charge in [-0.2, -0.15) is 4.39 Å². The van der Waals surface area contributed by atoms with E-state index < -0.39 is 24.3 Å². The van der Waals surface area contributed by atoms with E-state index >= 15 is 0 Å². The Morgan fingerprint density at radius 2 is 0.978 bits per heavy atom. The van der Waals surface area contributed by atoms with Crippen LogP contribution in [-0.2, 0) is 35.5 Å². The molecule has 2 aromatic heterocycles. The van der Waals surface area contributed by atoms with Gasteiger partial charge in [-0.3, -0.25) is 9.59 Å². The highest BCUT2D eigenvalue weighted by molar-refractivity contribution is 6.32. The molecule has 0 aliphatic carbocycles. The van der Waals surface area contributed by atoms with E-state index in [1.165, 1.54) is 41.0 Å². The van der Waals surface area contributed by atoms with E-state index in [1.807, 2.05) is 0 Å². The number of carboxylic acid groups (broad SMARTS) is 2. The van der Waals surface area contributed by atoms with Gasteiger partial charge in [0.05, 0.1) is 30.4 Å². The van der Waals surface area contributed by atoms with Crippen LogP contribution in [0.3, 0.4) is 0 Å². The fourth-order valence-corrected chi connectivity index (χ4v) is 5.60. The van der Waals surface area contributed by atoms with Crippen molar-refractivity contribution in [1.82, 2.24) is 9.13 Å². The molecule has 236 valence electrons. The molecule has 0 bridgehead atoms. The lowest BCUT2D eigenvalue weighted by atomic mass is 10.1. The number of hydrogen-bond donors (Lipinski definition) is 6. The molecule has 0 fully saturated rings. The van der Waals surface area contributed by atoms with Gasteiger partial charge in [0, 0.05) is 28.4 Å². The summed E-state index contributed by atoms with van der Waals surface area (Å²) in [6.45, 7) is 0.618. The van der Waals surface area contributed by atoms with Gasteiger partial charge in [0.1, 0.15) is 28.2 Å². The Hall–Kier alpha value is -5.68. The summed E-state index contributed by atoms with van der Waals surface area (Å²) in [6, 6.07) is 22.2. The molecule has 0 aliphatic rings. The number of phenols is 4. The predicted molar refractivity (Wildman–Crippen MR) is 169 cm³/mol. The highest BCUT2D eigenvalue weighted by atomic mass is 35.5. The number of halogens is 2. The molecule has 6 aromatic rings. The van der Waals surface area contributed by atoms with Crippen molar-refractivity contribution < 1.29 is 44.6 Å². The number of aromatic hydroxyl groups is 4. The molecule has 0 aliphatic heterocycles. The van der Waals surface area contributed by atoms with Gasteiger partial charge in [-0.25, -0.2) is 0 Å². The number of carboxylic acids is 2. The number of aliphatic carboxylic acids is 2. The second-order valence-corrected chi connectivity index (χ2v) is 10.9. The number of carbonyl (C=O) groups is 2. The molecule has 46 heavy (non-hydrogen) atoms. The van der Waals surface area contributed by atoms with Gasteiger partial charge in [0.15, 0.2) is 5.95 Å². The Morgan fingerprint density at radius 1 is 0.587 bits per heavy atom. The largest absolute Gasteiger partial charge is 0.508 e. The van der Waals surface area contributed by atoms with Gasteiger partial charge in [0.25, 0.3) is 0 Å². The first-order valence-corrected chi connectivity index (χ1v) is 14.3. The van der Waals surface area contributed by atoms with Crippen LogP contribution in [0.15, 0.2) is 84.9 Å². The van der Waals surface area contributed by atoms with E-state index in [0.717, 1.165) is 16.6 Å². The Balaban J connectivity index is 0.000000181. The summed E-state index contributed by atoms with van der Waals surface area (Å²) < 4.78 is 17.9. The highest BCUT2D eigenvalue weighted by Crippen LogP contribution is 2.34. The van der Waals surface area contributed by atoms with Gasteiger partial charge in [-0.05, 0) is 71.8 Å². The van der Waals surface area contributed by atoms with E-state index in [0.29, 0.717) is 33.6 Å². The van der Waals surface area contributed by atoms with Crippen molar-refractivity contribution in [3.63, 3.8) is 0 Å². The van der Waals surface area contributed by atoms with Crippen molar-refractivity contribution >= 4 is 45.3 Å². The van der Waals surface area contributed by atoms with Gasteiger partial charge in [0.2, 0.25) is 0 Å². The van der Waals surface area contributed by atoms with E-state index in [4.69, 9.17) is 21.8 Å². The summed E-state index contributed by atoms with van der Waals surface area (Å²) in [5.74, 6) is -2.47. The fourth-order valence-electron chi connectivity index (χ4n) is 5.28. The number of benzene rings is 4. The van der Waals surface area contributed by atoms with Gasteiger partial charge in [-0.15, -0.1) is 0 Å². The van der Waals surface area contributed by atoms with E-state index in [2.05, 4.69) is 0 Å². The first-order valence-electron chi connectivity index (χ1n) is 13.9. The molecule has 4 aromatic carbocycles. The molecule has 0 radical (unpaired) electrons. The maximum absolute atomic E-state index is 14.7. The summed E-state index contributed by atoms with van der Waals surface area (Å²) in [6.07, 6.45) is -0.685. The van der Waals surface area contributed by atoms with E-state index in [9.17, 15) is 34.4 Å². The van der Waals surface area contributed by atoms with Gasteiger partial charge < -0.3 is 39.8 Å². The molecular weight excluding hydrogens is 619 g/mol. The minimum absolute atomic E-state index is 0.0437. The fraction of sp³-hybridized carbons (Fsp3) is 0.118. The van der Waals surface area contributed by atoms with Crippen molar-refractivity contribution in [2.75, 3.05) is 0 Å². The average molecular weight is 647 g/mol. The first kappa shape index (κ1) is 31.7. The zero-order chi connectivity index (χ0) is 33.1. The number of nitrogens with zero attached hydrogens (tertiary/aromatic N) is 2. The quantitative estimate of drug-likeness (QED) is 0.113. The van der Waals surface area contributed by atoms with Crippen LogP contribution < -0.4 is 0 Å². The van der Waals surface area contributed by atoms with Crippen LogP contribution in [0.5, 0.6) is 23.0 Å². The monoisotopic (exact) mass is 646 g/mol. The Kier molecular flexibility index (Phi) is 9.06. The van der Waals surface area contributed by atoms with Crippen molar-refractivity contribution in [2.45, 2.75) is 25.9 Å². The molecule has 6 rings (SSSR count). The molecule has 10 nitrogen and oxygen atoms in total. The van der Waals surface area contributed by atoms with Crippen LogP contribution in [0, 0.1) is 5.95 Å². The van der Waals surface area contributed by atoms with Gasteiger partial charge in [-0.1, -0.05) is 35.9 Å². The third kappa shape index (κ3) is 6.84. The molecule has 0 amide bonds. The summed E-state index contributed by atoms with van der Waals surface area (Å²) in [5.41, 5.74) is 3.44.